The molecule has 2 aromatic heterocycles. The zero-order chi connectivity index (χ0) is 18.2. The van der Waals surface area contributed by atoms with Crippen molar-refractivity contribution >= 4 is 22.9 Å². The molecular weight excluding hydrogens is 348 g/mol. The number of nitrogens with zero attached hydrogens (tertiary/aromatic N) is 6. The second-order valence-corrected chi connectivity index (χ2v) is 6.81. The first-order chi connectivity index (χ1) is 13.3. The van der Waals surface area contributed by atoms with Gasteiger partial charge in [0.2, 0.25) is 11.3 Å². The summed E-state index contributed by atoms with van der Waals surface area (Å²) < 4.78 is 16.4. The molecule has 0 aliphatic carbocycles. The lowest BCUT2D eigenvalue weighted by Crippen LogP contribution is -2.39. The van der Waals surface area contributed by atoms with Crippen molar-refractivity contribution in [1.82, 2.24) is 20.3 Å². The number of morpholine rings is 1. The topological polar surface area (TPSA) is 89.6 Å². The average Bonchev–Trinajstić information content (AvgIpc) is 3.33. The molecule has 9 nitrogen and oxygen atoms in total. The third-order valence-electron chi connectivity index (χ3n) is 4.94. The molecule has 0 radical (unpaired) electrons. The molecule has 2 aliphatic rings. The Morgan fingerprint density at radius 3 is 2.70 bits per heavy atom. The third-order valence-corrected chi connectivity index (χ3v) is 4.94. The summed E-state index contributed by atoms with van der Waals surface area (Å²) in [6, 6.07) is 8.17. The van der Waals surface area contributed by atoms with Gasteiger partial charge in [0.05, 0.1) is 19.8 Å². The Kier molecular flexibility index (Phi) is 4.01. The average molecular weight is 368 g/mol. The van der Waals surface area contributed by atoms with Crippen LogP contribution in [0.1, 0.15) is 5.56 Å². The van der Waals surface area contributed by atoms with Gasteiger partial charge in [-0.05, 0) is 21.9 Å². The first kappa shape index (κ1) is 16.2. The number of ether oxygens (including phenoxy) is 2. The lowest BCUT2D eigenvalue weighted by molar-refractivity contribution is 0.122. The Morgan fingerprint density at radius 1 is 1.11 bits per heavy atom. The highest BCUT2D eigenvalue weighted by Gasteiger charge is 2.27. The number of likely N-dealkylation sites (N-methyl/N-ethyl adjacent to an activating group) is 1. The van der Waals surface area contributed by atoms with Gasteiger partial charge < -0.3 is 19.3 Å². The van der Waals surface area contributed by atoms with Crippen molar-refractivity contribution in [2.45, 2.75) is 12.5 Å². The Morgan fingerprint density at radius 2 is 1.89 bits per heavy atom. The largest absolute Gasteiger partial charge is 0.488 e. The molecule has 1 unspecified atom stereocenters. The van der Waals surface area contributed by atoms with E-state index in [0.717, 1.165) is 36.9 Å². The van der Waals surface area contributed by atoms with E-state index in [1.54, 1.807) is 0 Å². The van der Waals surface area contributed by atoms with Crippen LogP contribution in [0, 0.1) is 0 Å². The lowest BCUT2D eigenvalue weighted by Gasteiger charge is -2.31. The molecule has 1 saturated heterocycles. The van der Waals surface area contributed by atoms with Crippen LogP contribution in [0.3, 0.4) is 0 Å². The maximum atomic E-state index is 6.09. The first-order valence-electron chi connectivity index (χ1n) is 9.06. The van der Waals surface area contributed by atoms with Crippen molar-refractivity contribution in [2.24, 2.45) is 0 Å². The third kappa shape index (κ3) is 3.03. The fourth-order valence-corrected chi connectivity index (χ4v) is 3.61. The van der Waals surface area contributed by atoms with Crippen molar-refractivity contribution in [2.75, 3.05) is 49.7 Å². The maximum absolute atomic E-state index is 6.09. The van der Waals surface area contributed by atoms with Crippen LogP contribution < -0.4 is 14.5 Å². The molecular formula is C18H20N6O3. The quantitative estimate of drug-likeness (QED) is 0.675. The molecule has 4 heterocycles. The Balaban J connectivity index is 1.42. The molecule has 0 bridgehead atoms. The van der Waals surface area contributed by atoms with Gasteiger partial charge in [-0.2, -0.15) is 0 Å². The molecule has 1 fully saturated rings. The number of aromatic nitrogens is 4. The second kappa shape index (κ2) is 6.66. The predicted octanol–water partition coefficient (Wildman–Crippen LogP) is 1.29. The van der Waals surface area contributed by atoms with Crippen molar-refractivity contribution in [3.63, 3.8) is 0 Å². The van der Waals surface area contributed by atoms with Gasteiger partial charge in [0.25, 0.3) is 0 Å². The van der Waals surface area contributed by atoms with Crippen LogP contribution in [0.2, 0.25) is 0 Å². The number of fused-ring (bicyclic) bond motifs is 2. The Bertz CT molecular complexity index is 930. The fourth-order valence-electron chi connectivity index (χ4n) is 3.61. The van der Waals surface area contributed by atoms with Crippen molar-refractivity contribution in [1.29, 1.82) is 0 Å². The smallest absolute Gasteiger partial charge is 0.245 e. The van der Waals surface area contributed by atoms with E-state index in [2.05, 4.69) is 36.1 Å². The summed E-state index contributed by atoms with van der Waals surface area (Å²) in [7, 11) is 2.00. The van der Waals surface area contributed by atoms with Gasteiger partial charge in [0.15, 0.2) is 11.6 Å². The summed E-state index contributed by atoms with van der Waals surface area (Å²) >= 11 is 0. The van der Waals surface area contributed by atoms with E-state index in [1.807, 2.05) is 25.2 Å². The molecule has 0 amide bonds. The first-order valence-corrected chi connectivity index (χ1v) is 9.06. The van der Waals surface area contributed by atoms with Crippen LogP contribution in [0.5, 0.6) is 5.75 Å². The van der Waals surface area contributed by atoms with E-state index in [0.29, 0.717) is 31.1 Å². The second-order valence-electron chi connectivity index (χ2n) is 6.81. The predicted molar refractivity (Wildman–Crippen MR) is 98.3 cm³/mol. The summed E-state index contributed by atoms with van der Waals surface area (Å²) in [5.74, 6) is 2.49. The number of hydrogen-bond donors (Lipinski definition) is 0. The Hall–Kier alpha value is -2.94. The highest BCUT2D eigenvalue weighted by Crippen LogP contribution is 2.31. The summed E-state index contributed by atoms with van der Waals surface area (Å²) in [5.41, 5.74) is 2.06. The van der Waals surface area contributed by atoms with Gasteiger partial charge in [-0.25, -0.2) is 14.6 Å². The summed E-state index contributed by atoms with van der Waals surface area (Å²) in [6.07, 6.45) is 0.951. The normalized spacial score (nSPS) is 19.1. The molecule has 3 aromatic rings. The molecule has 5 rings (SSSR count). The highest BCUT2D eigenvalue weighted by molar-refractivity contribution is 5.74. The van der Waals surface area contributed by atoms with Gasteiger partial charge >= 0.3 is 0 Å². The monoisotopic (exact) mass is 368 g/mol. The van der Waals surface area contributed by atoms with Crippen molar-refractivity contribution < 1.29 is 14.1 Å². The summed E-state index contributed by atoms with van der Waals surface area (Å²) in [5, 5.41) is 7.70. The molecule has 0 N–H and O–H groups in total. The van der Waals surface area contributed by atoms with E-state index < -0.39 is 0 Å². The minimum Gasteiger partial charge on any atom is -0.488 e. The zero-order valence-electron chi connectivity index (χ0n) is 15.0. The summed E-state index contributed by atoms with van der Waals surface area (Å²) in [6.45, 7) is 3.55. The van der Waals surface area contributed by atoms with E-state index in [-0.39, 0.29) is 6.10 Å². The highest BCUT2D eigenvalue weighted by atomic mass is 16.6. The van der Waals surface area contributed by atoms with E-state index in [9.17, 15) is 0 Å². The number of anilines is 2. The molecule has 140 valence electrons. The van der Waals surface area contributed by atoms with E-state index >= 15 is 0 Å². The molecule has 1 atom stereocenters. The van der Waals surface area contributed by atoms with Crippen LogP contribution in [-0.4, -0.2) is 66.3 Å². The standard InChI is InChI=1S/C18H20N6O3/c1-23(11-13-10-12-4-2-3-5-14(12)26-13)17-18(24-6-8-25-9-7-24)20-16-15(19-17)21-27-22-16/h2-5,13H,6-11H2,1H3. The number of para-hydroxylation sites is 1. The van der Waals surface area contributed by atoms with E-state index in [1.165, 1.54) is 5.56 Å². The summed E-state index contributed by atoms with van der Waals surface area (Å²) in [4.78, 5) is 13.6. The molecule has 0 saturated carbocycles. The molecule has 27 heavy (non-hydrogen) atoms. The van der Waals surface area contributed by atoms with Crippen LogP contribution >= 0.6 is 0 Å². The van der Waals surface area contributed by atoms with Gasteiger partial charge in [-0.1, -0.05) is 18.2 Å². The van der Waals surface area contributed by atoms with Gasteiger partial charge in [-0.3, -0.25) is 0 Å². The van der Waals surface area contributed by atoms with Gasteiger partial charge in [0, 0.05) is 26.6 Å². The van der Waals surface area contributed by atoms with Crippen LogP contribution in [0.4, 0.5) is 11.6 Å². The molecule has 9 heteroatoms. The Labute approximate surface area is 155 Å². The minimum atomic E-state index is 0.0675. The van der Waals surface area contributed by atoms with Crippen LogP contribution in [-0.2, 0) is 11.2 Å². The lowest BCUT2D eigenvalue weighted by atomic mass is 10.1. The molecule has 2 aliphatic heterocycles. The number of hydrogen-bond acceptors (Lipinski definition) is 9. The minimum absolute atomic E-state index is 0.0675. The fraction of sp³-hybridized carbons (Fsp3) is 0.444. The van der Waals surface area contributed by atoms with Crippen molar-refractivity contribution in [3.05, 3.63) is 29.8 Å². The van der Waals surface area contributed by atoms with Gasteiger partial charge in [-0.15, -0.1) is 0 Å². The van der Waals surface area contributed by atoms with Crippen molar-refractivity contribution in [3.8, 4) is 5.75 Å². The van der Waals surface area contributed by atoms with E-state index in [4.69, 9.17) is 14.1 Å². The number of rotatable bonds is 4. The van der Waals surface area contributed by atoms with Gasteiger partial charge in [0.1, 0.15) is 11.9 Å². The van der Waals surface area contributed by atoms with Crippen LogP contribution in [0.25, 0.3) is 11.3 Å². The molecule has 1 aromatic carbocycles. The SMILES string of the molecule is CN(CC1Cc2ccccc2O1)c1nc2nonc2nc1N1CCOCC1. The maximum Gasteiger partial charge on any atom is 0.245 e. The molecule has 0 spiro atoms. The zero-order valence-corrected chi connectivity index (χ0v) is 15.0. The number of benzene rings is 1. The van der Waals surface area contributed by atoms with Crippen LogP contribution in [0.15, 0.2) is 28.9 Å².